The van der Waals surface area contributed by atoms with Gasteiger partial charge in [0.05, 0.1) is 11.8 Å². The fourth-order valence-electron chi connectivity index (χ4n) is 2.65. The number of carbonyl (C=O) groups is 2. The van der Waals surface area contributed by atoms with Crippen molar-refractivity contribution in [1.29, 1.82) is 0 Å². The van der Waals surface area contributed by atoms with Crippen molar-refractivity contribution in [3.05, 3.63) is 72.1 Å². The van der Waals surface area contributed by atoms with Crippen LogP contribution in [-0.2, 0) is 9.59 Å². The Hall–Kier alpha value is -3.48. The van der Waals surface area contributed by atoms with Crippen LogP contribution in [0.15, 0.2) is 66.0 Å². The van der Waals surface area contributed by atoms with Gasteiger partial charge in [0.1, 0.15) is 5.75 Å². The van der Waals surface area contributed by atoms with E-state index in [0.717, 1.165) is 17.7 Å². The molecule has 126 valence electrons. The summed E-state index contributed by atoms with van der Waals surface area (Å²) in [5.41, 5.74) is 1.95. The van der Waals surface area contributed by atoms with Crippen molar-refractivity contribution in [3.63, 3.8) is 0 Å². The van der Waals surface area contributed by atoms with Gasteiger partial charge in [0, 0.05) is 42.1 Å². The summed E-state index contributed by atoms with van der Waals surface area (Å²) in [5, 5.41) is 24.4. The van der Waals surface area contributed by atoms with E-state index in [2.05, 4.69) is 10.1 Å². The first kappa shape index (κ1) is 16.4. The van der Waals surface area contributed by atoms with Crippen LogP contribution in [-0.4, -0.2) is 37.8 Å². The highest BCUT2D eigenvalue weighted by atomic mass is 16.4. The van der Waals surface area contributed by atoms with Crippen molar-refractivity contribution in [2.45, 2.75) is 12.5 Å². The number of phenols is 1. The fraction of sp³-hybridized carbons (Fsp3) is 0.111. The van der Waals surface area contributed by atoms with E-state index < -0.39 is 17.9 Å². The molecule has 25 heavy (non-hydrogen) atoms. The molecule has 1 aromatic heterocycles. The Balaban J connectivity index is 1.98. The molecule has 7 nitrogen and oxygen atoms in total. The summed E-state index contributed by atoms with van der Waals surface area (Å²) in [6.45, 7) is 0. The van der Waals surface area contributed by atoms with Gasteiger partial charge in [-0.25, -0.2) is 9.80 Å². The van der Waals surface area contributed by atoms with Crippen LogP contribution in [0.1, 0.15) is 23.6 Å². The van der Waals surface area contributed by atoms with Crippen molar-refractivity contribution in [2.24, 2.45) is 5.10 Å². The number of rotatable bonds is 4. The van der Waals surface area contributed by atoms with Crippen molar-refractivity contribution < 1.29 is 19.8 Å². The molecular weight excluding hydrogens is 322 g/mol. The Morgan fingerprint density at radius 3 is 2.64 bits per heavy atom. The first-order chi connectivity index (χ1) is 12.1. The number of carbonyl (C=O) groups excluding carboxylic acids is 1. The second kappa shape index (κ2) is 6.96. The van der Waals surface area contributed by atoms with E-state index in [4.69, 9.17) is 5.11 Å². The van der Waals surface area contributed by atoms with Crippen LogP contribution in [0.4, 0.5) is 0 Å². The Morgan fingerprint density at radius 2 is 1.96 bits per heavy atom. The van der Waals surface area contributed by atoms with Crippen LogP contribution < -0.4 is 0 Å². The third-order valence-corrected chi connectivity index (χ3v) is 3.80. The zero-order valence-corrected chi connectivity index (χ0v) is 13.1. The predicted octanol–water partition coefficient (Wildman–Crippen LogP) is 2.11. The van der Waals surface area contributed by atoms with Crippen LogP contribution in [0, 0.1) is 0 Å². The van der Waals surface area contributed by atoms with Gasteiger partial charge < -0.3 is 10.2 Å². The lowest BCUT2D eigenvalue weighted by atomic mass is 9.98. The van der Waals surface area contributed by atoms with Crippen LogP contribution in [0.2, 0.25) is 0 Å². The molecule has 0 spiro atoms. The SMILES string of the molecule is O=C(O)/C=C\C(=O)N1N=C(c2cccnc2)C[C@@H]1c1ccccc1O. The number of aliphatic carboxylic acids is 1. The van der Waals surface area contributed by atoms with Crippen molar-refractivity contribution in [3.8, 4) is 5.75 Å². The lowest BCUT2D eigenvalue weighted by Crippen LogP contribution is -2.25. The van der Waals surface area contributed by atoms with E-state index in [1.165, 1.54) is 11.1 Å². The molecule has 1 amide bonds. The number of benzene rings is 1. The third kappa shape index (κ3) is 3.55. The van der Waals surface area contributed by atoms with E-state index in [1.807, 2.05) is 6.07 Å². The lowest BCUT2D eigenvalue weighted by molar-refractivity contribution is -0.132. The van der Waals surface area contributed by atoms with Crippen LogP contribution in [0.25, 0.3) is 0 Å². The second-order valence-corrected chi connectivity index (χ2v) is 5.42. The number of carboxylic acid groups (broad SMARTS) is 1. The standard InChI is InChI=1S/C18H15N3O4/c22-16-6-2-1-5-13(16)15-10-14(12-4-3-9-19-11-12)20-21(15)17(23)7-8-18(24)25/h1-9,11,15,22H,10H2,(H,24,25)/b8-7-/t15-/m1/s1. The minimum Gasteiger partial charge on any atom is -0.508 e. The molecule has 7 heteroatoms. The molecule has 1 aromatic carbocycles. The van der Waals surface area contributed by atoms with Gasteiger partial charge in [0.2, 0.25) is 0 Å². The first-order valence-corrected chi connectivity index (χ1v) is 7.56. The highest BCUT2D eigenvalue weighted by molar-refractivity contribution is 6.04. The van der Waals surface area contributed by atoms with Crippen molar-refractivity contribution in [2.75, 3.05) is 0 Å². The zero-order valence-electron chi connectivity index (χ0n) is 13.1. The van der Waals surface area contributed by atoms with Crippen LogP contribution in [0.3, 0.4) is 0 Å². The molecule has 0 aliphatic carbocycles. The number of aromatic nitrogens is 1. The topological polar surface area (TPSA) is 103 Å². The van der Waals surface area contributed by atoms with Crippen LogP contribution >= 0.6 is 0 Å². The molecule has 0 unspecified atom stereocenters. The number of phenolic OH excluding ortho intramolecular Hbond substituents is 1. The minimum absolute atomic E-state index is 0.0511. The highest BCUT2D eigenvalue weighted by Crippen LogP contribution is 2.36. The molecule has 1 aliphatic heterocycles. The maximum Gasteiger partial charge on any atom is 0.328 e. The summed E-state index contributed by atoms with van der Waals surface area (Å²) in [6, 6.07) is 9.76. The van der Waals surface area contributed by atoms with E-state index >= 15 is 0 Å². The van der Waals surface area contributed by atoms with Gasteiger partial charge in [-0.2, -0.15) is 5.10 Å². The average molecular weight is 337 g/mol. The molecular formula is C18H15N3O4. The summed E-state index contributed by atoms with van der Waals surface area (Å²) in [4.78, 5) is 27.1. The summed E-state index contributed by atoms with van der Waals surface area (Å²) in [7, 11) is 0. The Morgan fingerprint density at radius 1 is 1.16 bits per heavy atom. The number of aromatic hydroxyl groups is 1. The number of amides is 1. The second-order valence-electron chi connectivity index (χ2n) is 5.42. The van der Waals surface area contributed by atoms with Gasteiger partial charge in [-0.15, -0.1) is 0 Å². The Bertz CT molecular complexity index is 862. The lowest BCUT2D eigenvalue weighted by Gasteiger charge is -2.21. The van der Waals surface area contributed by atoms with Gasteiger partial charge in [-0.05, 0) is 12.1 Å². The van der Waals surface area contributed by atoms with Crippen LogP contribution in [0.5, 0.6) is 5.75 Å². The smallest absolute Gasteiger partial charge is 0.328 e. The van der Waals surface area contributed by atoms with E-state index in [9.17, 15) is 14.7 Å². The fourth-order valence-corrected chi connectivity index (χ4v) is 2.65. The summed E-state index contributed by atoms with van der Waals surface area (Å²) in [6.07, 6.45) is 5.38. The maximum atomic E-state index is 12.4. The van der Waals surface area contributed by atoms with Crippen molar-refractivity contribution >= 4 is 17.6 Å². The van der Waals surface area contributed by atoms with Gasteiger partial charge >= 0.3 is 5.97 Å². The first-order valence-electron chi connectivity index (χ1n) is 7.56. The summed E-state index contributed by atoms with van der Waals surface area (Å²) < 4.78 is 0. The zero-order chi connectivity index (χ0) is 17.8. The predicted molar refractivity (Wildman–Crippen MR) is 89.9 cm³/mol. The van der Waals surface area contributed by atoms with E-state index in [1.54, 1.807) is 36.7 Å². The van der Waals surface area contributed by atoms with Gasteiger partial charge in [0.25, 0.3) is 5.91 Å². The maximum absolute atomic E-state index is 12.4. The largest absolute Gasteiger partial charge is 0.508 e. The molecule has 0 bridgehead atoms. The minimum atomic E-state index is -1.22. The molecule has 0 saturated carbocycles. The number of hydrogen-bond donors (Lipinski definition) is 2. The normalized spacial score (nSPS) is 16.9. The van der Waals surface area contributed by atoms with Crippen molar-refractivity contribution in [1.82, 2.24) is 9.99 Å². The molecule has 3 rings (SSSR count). The Labute approximate surface area is 143 Å². The molecule has 2 aromatic rings. The number of para-hydroxylation sites is 1. The number of pyridine rings is 1. The van der Waals surface area contributed by atoms with E-state index in [0.29, 0.717) is 17.7 Å². The van der Waals surface area contributed by atoms with Gasteiger partial charge in [0.15, 0.2) is 0 Å². The number of carboxylic acids is 1. The number of nitrogens with zero attached hydrogens (tertiary/aromatic N) is 3. The molecule has 0 radical (unpaired) electrons. The molecule has 2 heterocycles. The number of hydrogen-bond acceptors (Lipinski definition) is 5. The monoisotopic (exact) mass is 337 g/mol. The quantitative estimate of drug-likeness (QED) is 0.832. The molecule has 1 aliphatic rings. The van der Waals surface area contributed by atoms with Gasteiger partial charge in [-0.3, -0.25) is 9.78 Å². The van der Waals surface area contributed by atoms with Gasteiger partial charge in [-0.1, -0.05) is 24.3 Å². The summed E-state index contributed by atoms with van der Waals surface area (Å²) in [5.74, 6) is -1.74. The highest BCUT2D eigenvalue weighted by Gasteiger charge is 2.33. The Kier molecular flexibility index (Phi) is 4.56. The van der Waals surface area contributed by atoms with E-state index in [-0.39, 0.29) is 5.75 Å². The molecule has 0 saturated heterocycles. The summed E-state index contributed by atoms with van der Waals surface area (Å²) >= 11 is 0. The number of hydrazone groups is 1. The average Bonchev–Trinajstić information content (AvgIpc) is 3.06. The third-order valence-electron chi connectivity index (χ3n) is 3.80. The molecule has 2 N–H and O–H groups in total. The molecule has 0 fully saturated rings. The molecule has 1 atom stereocenters.